The molecule has 0 unspecified atom stereocenters. The lowest BCUT2D eigenvalue weighted by Gasteiger charge is -2.64. The topological polar surface area (TPSA) is 222 Å². The van der Waals surface area contributed by atoms with Crippen LogP contribution in [0.15, 0.2) is 90.4 Å². The number of aryl methyl sites for hydroxylation is 1. The molecule has 6 aliphatic carbocycles. The minimum absolute atomic E-state index is 0.0107. The van der Waals surface area contributed by atoms with Gasteiger partial charge in [-0.25, -0.2) is 0 Å². The van der Waals surface area contributed by atoms with E-state index in [0.29, 0.717) is 80.0 Å². The number of aromatic amines is 1. The highest BCUT2D eigenvalue weighted by Gasteiger charge is 2.63. The number of nitrogens with one attached hydrogen (secondary N) is 4. The Morgan fingerprint density at radius 3 is 2.54 bits per heavy atom. The number of phenols is 1. The summed E-state index contributed by atoms with van der Waals surface area (Å²) in [7, 11) is 1.49. The zero-order valence-electron chi connectivity index (χ0n) is 46.1. The van der Waals surface area contributed by atoms with Crippen molar-refractivity contribution >= 4 is 22.3 Å². The molecular weight excluding hydrogens is 991 g/mol. The van der Waals surface area contributed by atoms with E-state index in [0.717, 1.165) is 85.6 Å². The number of carbonyl (C=O) groups is 2. The molecule has 1 saturated heterocycles. The summed E-state index contributed by atoms with van der Waals surface area (Å²) < 4.78 is 5.60. The number of aliphatic hydroxyl groups excluding tert-OH is 3. The van der Waals surface area contributed by atoms with Crippen LogP contribution >= 0.6 is 0 Å². The number of hydrogen-bond acceptors (Lipinski definition) is 12. The molecule has 16 atom stereocenters. The van der Waals surface area contributed by atoms with E-state index >= 15 is 4.79 Å². The fourth-order valence-electron chi connectivity index (χ4n) is 17.6. The van der Waals surface area contributed by atoms with E-state index < -0.39 is 35.2 Å². The van der Waals surface area contributed by atoms with Gasteiger partial charge >= 0.3 is 0 Å². The lowest BCUT2D eigenvalue weighted by molar-refractivity contribution is -0.141. The third kappa shape index (κ3) is 10.0. The number of benzene rings is 3. The van der Waals surface area contributed by atoms with Gasteiger partial charge in [-0.1, -0.05) is 80.1 Å². The van der Waals surface area contributed by atoms with Gasteiger partial charge < -0.3 is 56.9 Å². The van der Waals surface area contributed by atoms with Crippen molar-refractivity contribution in [2.75, 3.05) is 33.3 Å². The van der Waals surface area contributed by atoms with Crippen LogP contribution in [-0.2, 0) is 16.0 Å². The quantitative estimate of drug-likeness (QED) is 0.0514. The first kappa shape index (κ1) is 54.1. The summed E-state index contributed by atoms with van der Waals surface area (Å²) in [6, 6.07) is 20.2. The van der Waals surface area contributed by atoms with Crippen LogP contribution in [0.25, 0.3) is 10.8 Å². The number of fused-ring (bicyclic) bond motifs is 5. The standard InChI is InChI=1S/C66H83N5O8/c1-3-68-35-51-60(45(16-21-65(78)19-6-7-20-65)50-36-71-52-32-44(72)31-49-46-18-25-70-64(46)63(51)62(50)61(49)52)43-15-23-66(58(77)29-43)22-14-41(48-34-55(75)56(79-2)28-40(48)12-13-57(66)76)27-53(73)54(74)33-47(42-17-24-69-59(67)30-42)39-11-10-37-8-4-5-9-38(37)26-39/h4-5,8-11,17-18,25-26,28,30,34,41,43,45,47,49-54,58,60-63,68-71,73-75,77-78H,3,6-7,12-13,15-16,19-21,23-24,27,29,31-33,35-36,67H2,1-2H3/t41-,43+,45-,47+,49-,50+,51-,52-,53+,54-,58-,60+,61+,62+,63+,66-/m1/s1. The molecule has 0 radical (unpaired) electrons. The van der Waals surface area contributed by atoms with E-state index in [1.165, 1.54) is 18.4 Å². The van der Waals surface area contributed by atoms with Crippen molar-refractivity contribution in [3.05, 3.63) is 118 Å². The summed E-state index contributed by atoms with van der Waals surface area (Å²) in [6.45, 7) is 5.16. The third-order valence-corrected chi connectivity index (χ3v) is 21.3. The van der Waals surface area contributed by atoms with Crippen molar-refractivity contribution in [3.8, 4) is 23.3 Å². The number of hydrogen-bond donors (Lipinski definition) is 10. The minimum atomic E-state index is -1.37. The van der Waals surface area contributed by atoms with Crippen LogP contribution in [0.5, 0.6) is 11.5 Å². The smallest absolute Gasteiger partial charge is 0.160 e. The van der Waals surface area contributed by atoms with Gasteiger partial charge in [0, 0.05) is 61.5 Å². The fraction of sp³-hybridized carbons (Fsp3) is 0.576. The number of allylic oxidation sites excluding steroid dienone is 2. The van der Waals surface area contributed by atoms with Crippen molar-refractivity contribution in [1.29, 1.82) is 0 Å². The molecule has 13 nitrogen and oxygen atoms in total. The summed E-state index contributed by atoms with van der Waals surface area (Å²) in [5.41, 5.74) is 10.2. The second kappa shape index (κ2) is 22.1. The molecule has 1 spiro atoms. The van der Waals surface area contributed by atoms with Crippen LogP contribution in [0.1, 0.15) is 148 Å². The molecule has 12 rings (SSSR count). The molecule has 3 heterocycles. The van der Waals surface area contributed by atoms with E-state index in [9.17, 15) is 30.3 Å². The maximum atomic E-state index is 15.2. The Labute approximate surface area is 465 Å². The summed E-state index contributed by atoms with van der Waals surface area (Å²) in [5, 5.41) is 73.9. The molecule has 2 aliphatic heterocycles. The Kier molecular flexibility index (Phi) is 15.2. The molecule has 13 heteroatoms. The van der Waals surface area contributed by atoms with Crippen LogP contribution in [0.3, 0.4) is 0 Å². The number of aromatic hydroxyl groups is 1. The third-order valence-electron chi connectivity index (χ3n) is 21.3. The Balaban J connectivity index is 0.873. The highest BCUT2D eigenvalue weighted by atomic mass is 16.5. The largest absolute Gasteiger partial charge is 0.504 e. The monoisotopic (exact) mass is 1070 g/mol. The predicted octanol–water partition coefficient (Wildman–Crippen LogP) is 7.87. The number of dihydropyridines is 1. The first-order chi connectivity index (χ1) is 38.3. The molecular formula is C66H83N5O8. The summed E-state index contributed by atoms with van der Waals surface area (Å²) in [5.74, 6) is 9.03. The van der Waals surface area contributed by atoms with E-state index in [1.54, 1.807) is 12.1 Å². The Morgan fingerprint density at radius 1 is 0.937 bits per heavy atom. The van der Waals surface area contributed by atoms with Crippen LogP contribution in [0.2, 0.25) is 0 Å². The average Bonchev–Trinajstić information content (AvgIpc) is 3.45. The van der Waals surface area contributed by atoms with Crippen molar-refractivity contribution in [2.24, 2.45) is 52.6 Å². The molecule has 5 fully saturated rings. The molecule has 4 saturated carbocycles. The van der Waals surface area contributed by atoms with Gasteiger partial charge in [-0.05, 0) is 194 Å². The molecule has 8 aliphatic rings. The van der Waals surface area contributed by atoms with Gasteiger partial charge in [-0.15, -0.1) is 0 Å². The molecule has 3 aromatic carbocycles. The number of H-pyrrole nitrogens is 1. The van der Waals surface area contributed by atoms with Gasteiger partial charge in [-0.2, -0.15) is 0 Å². The molecule has 4 aromatic rings. The lowest BCUT2D eigenvalue weighted by atomic mass is 9.43. The minimum Gasteiger partial charge on any atom is -0.504 e. The number of rotatable bonds is 15. The number of piperidine rings is 1. The van der Waals surface area contributed by atoms with Crippen LogP contribution in [0, 0.1) is 58.7 Å². The number of carbonyl (C=O) groups excluding carboxylic acids is 2. The molecule has 1 aromatic heterocycles. The van der Waals surface area contributed by atoms with Crippen molar-refractivity contribution in [2.45, 2.75) is 157 Å². The molecule has 79 heavy (non-hydrogen) atoms. The van der Waals surface area contributed by atoms with Crippen molar-refractivity contribution < 1.29 is 39.9 Å². The fourth-order valence-corrected chi connectivity index (χ4v) is 17.6. The molecule has 11 N–H and O–H groups in total. The van der Waals surface area contributed by atoms with Gasteiger partial charge in [0.15, 0.2) is 17.3 Å². The highest BCUT2D eigenvalue weighted by molar-refractivity contribution is 5.89. The molecule has 0 amide bonds. The first-order valence-corrected chi connectivity index (χ1v) is 30.0. The predicted molar refractivity (Wildman–Crippen MR) is 305 cm³/mol. The number of aromatic nitrogens is 1. The number of methoxy groups -OCH3 is 1. The van der Waals surface area contributed by atoms with E-state index in [-0.39, 0.29) is 84.0 Å². The van der Waals surface area contributed by atoms with Crippen LogP contribution in [-0.4, -0.2) is 105 Å². The van der Waals surface area contributed by atoms with Gasteiger partial charge in [0.05, 0.1) is 36.8 Å². The molecule has 420 valence electrons. The van der Waals surface area contributed by atoms with Crippen LogP contribution < -0.4 is 26.4 Å². The first-order valence-electron chi connectivity index (χ1n) is 30.0. The summed E-state index contributed by atoms with van der Waals surface area (Å²) in [6.07, 6.45) is 11.2. The molecule has 0 bridgehead atoms. The normalized spacial score (nSPS) is 33.7. The van der Waals surface area contributed by atoms with Crippen LogP contribution in [0.4, 0.5) is 0 Å². The van der Waals surface area contributed by atoms with E-state index in [1.807, 2.05) is 18.2 Å². The van der Waals surface area contributed by atoms with Gasteiger partial charge in [0.1, 0.15) is 11.2 Å². The number of ketones is 2. The number of Topliss-reactive ketones (excluding diaryl/α,β-unsaturated/α-hetero) is 2. The van der Waals surface area contributed by atoms with Crippen molar-refractivity contribution in [3.63, 3.8) is 0 Å². The lowest BCUT2D eigenvalue weighted by Crippen LogP contribution is -2.65. The maximum absolute atomic E-state index is 15.2. The zero-order chi connectivity index (χ0) is 54.7. The Morgan fingerprint density at radius 2 is 1.76 bits per heavy atom. The van der Waals surface area contributed by atoms with E-state index in [2.05, 4.69) is 88.4 Å². The Hall–Kier alpha value is -5.46. The number of phenolic OH excluding ortho intramolecular Hbond substituents is 1. The summed E-state index contributed by atoms with van der Waals surface area (Å²) in [4.78, 5) is 32.3. The number of nitrogens with two attached hydrogens (primary N) is 1. The summed E-state index contributed by atoms with van der Waals surface area (Å²) >= 11 is 0. The van der Waals surface area contributed by atoms with E-state index in [4.69, 9.17) is 10.5 Å². The Bertz CT molecular complexity index is 3060. The van der Waals surface area contributed by atoms with Gasteiger partial charge in [0.2, 0.25) is 0 Å². The maximum Gasteiger partial charge on any atom is 0.160 e. The highest BCUT2D eigenvalue weighted by Crippen LogP contribution is 2.66. The number of aliphatic hydroxyl groups is 4. The van der Waals surface area contributed by atoms with Crippen molar-refractivity contribution in [1.82, 2.24) is 20.9 Å². The van der Waals surface area contributed by atoms with Gasteiger partial charge in [-0.3, -0.25) is 9.59 Å². The number of ether oxygens (including phenoxy) is 1. The average molecular weight is 1070 g/mol. The zero-order valence-corrected chi connectivity index (χ0v) is 46.1. The SMILES string of the molecule is CCNC[C@H]1[C@@H]2c3[nH]ccc3[C@H]3CC(=O)C[C@H]4NC[C@@H]([C@@H](CCC5(O)CCCC5)[C@@H]1[C@H]1CC[C@@]5(C#C[C@H](C[C@H](O)[C@H](O)C[C@H](C6=CCNC(N)=C6)c6ccc7ccccc7c6)c6cc(O)c(OC)cc6CCC5=O)[C@H](O)C1)[C@H]2[C@@H]34. The van der Waals surface area contributed by atoms with Gasteiger partial charge in [0.25, 0.3) is 0 Å². The second-order valence-corrected chi connectivity index (χ2v) is 25.4. The second-order valence-electron chi connectivity index (χ2n) is 25.4.